The SMILES string of the molecule is O=C1CN(C(=O)c2ccc(CNc3cc(F)ccc3[N+](=O)[O-])cc2)CCN1. The van der Waals surface area contributed by atoms with E-state index in [1.807, 2.05) is 0 Å². The smallest absolute Gasteiger partial charge is 0.292 e. The Balaban J connectivity index is 1.66. The number of hydrogen-bond acceptors (Lipinski definition) is 5. The van der Waals surface area contributed by atoms with Crippen molar-refractivity contribution in [2.24, 2.45) is 0 Å². The topological polar surface area (TPSA) is 105 Å². The maximum atomic E-state index is 13.3. The maximum Gasteiger partial charge on any atom is 0.292 e. The molecule has 0 aromatic heterocycles. The van der Waals surface area contributed by atoms with E-state index in [2.05, 4.69) is 10.6 Å². The van der Waals surface area contributed by atoms with Crippen LogP contribution in [-0.4, -0.2) is 41.3 Å². The summed E-state index contributed by atoms with van der Waals surface area (Å²) in [5.41, 5.74) is 1.08. The highest BCUT2D eigenvalue weighted by Gasteiger charge is 2.22. The summed E-state index contributed by atoms with van der Waals surface area (Å²) in [6, 6.07) is 9.87. The molecule has 27 heavy (non-hydrogen) atoms. The van der Waals surface area contributed by atoms with Gasteiger partial charge in [0.1, 0.15) is 11.5 Å². The van der Waals surface area contributed by atoms with E-state index in [4.69, 9.17) is 0 Å². The Morgan fingerprint density at radius 1 is 1.26 bits per heavy atom. The third-order valence-electron chi connectivity index (χ3n) is 4.16. The molecule has 2 aromatic carbocycles. The number of piperazine rings is 1. The zero-order valence-electron chi connectivity index (χ0n) is 14.3. The standard InChI is InChI=1S/C18H17FN4O4/c19-14-5-6-16(23(26)27)15(9-14)21-10-12-1-3-13(4-2-12)18(25)22-8-7-20-17(24)11-22/h1-6,9,21H,7-8,10-11H2,(H,20,24). The van der Waals surface area contributed by atoms with Crippen LogP contribution in [-0.2, 0) is 11.3 Å². The lowest BCUT2D eigenvalue weighted by Gasteiger charge is -2.26. The van der Waals surface area contributed by atoms with Crippen LogP contribution in [0.2, 0.25) is 0 Å². The summed E-state index contributed by atoms with van der Waals surface area (Å²) in [6.07, 6.45) is 0. The van der Waals surface area contributed by atoms with Crippen molar-refractivity contribution < 1.29 is 18.9 Å². The molecule has 2 N–H and O–H groups in total. The Kier molecular flexibility index (Phi) is 5.30. The second kappa shape index (κ2) is 7.81. The minimum absolute atomic E-state index is 0.0331. The molecule has 140 valence electrons. The summed E-state index contributed by atoms with van der Waals surface area (Å²) < 4.78 is 13.3. The largest absolute Gasteiger partial charge is 0.375 e. The van der Waals surface area contributed by atoms with Gasteiger partial charge in [0.2, 0.25) is 5.91 Å². The number of rotatable bonds is 5. The van der Waals surface area contributed by atoms with Gasteiger partial charge in [-0.1, -0.05) is 12.1 Å². The first kappa shape index (κ1) is 18.3. The van der Waals surface area contributed by atoms with Crippen LogP contribution < -0.4 is 10.6 Å². The van der Waals surface area contributed by atoms with E-state index in [0.29, 0.717) is 18.7 Å². The Morgan fingerprint density at radius 2 is 2.00 bits per heavy atom. The molecule has 1 aliphatic rings. The van der Waals surface area contributed by atoms with Crippen LogP contribution in [0.15, 0.2) is 42.5 Å². The molecule has 0 aliphatic carbocycles. The molecule has 8 nitrogen and oxygen atoms in total. The van der Waals surface area contributed by atoms with E-state index in [-0.39, 0.29) is 36.3 Å². The van der Waals surface area contributed by atoms with Gasteiger partial charge in [-0.2, -0.15) is 0 Å². The Bertz CT molecular complexity index is 885. The fraction of sp³-hybridized carbons (Fsp3) is 0.222. The number of nitro benzene ring substituents is 1. The van der Waals surface area contributed by atoms with E-state index in [1.165, 1.54) is 4.90 Å². The first-order valence-electron chi connectivity index (χ1n) is 8.27. The number of carbonyl (C=O) groups excluding carboxylic acids is 2. The molecule has 3 rings (SSSR count). The monoisotopic (exact) mass is 372 g/mol. The molecule has 1 saturated heterocycles. The Labute approximate surface area is 154 Å². The number of nitro groups is 1. The second-order valence-electron chi connectivity index (χ2n) is 6.05. The number of nitrogens with zero attached hydrogens (tertiary/aromatic N) is 2. The predicted molar refractivity (Wildman–Crippen MR) is 95.7 cm³/mol. The lowest BCUT2D eigenvalue weighted by molar-refractivity contribution is -0.384. The summed E-state index contributed by atoms with van der Waals surface area (Å²) in [5.74, 6) is -0.994. The van der Waals surface area contributed by atoms with Crippen LogP contribution in [0.3, 0.4) is 0 Å². The third kappa shape index (κ3) is 4.38. The zero-order chi connectivity index (χ0) is 19.4. The molecule has 1 aliphatic heterocycles. The highest BCUT2D eigenvalue weighted by atomic mass is 19.1. The van der Waals surface area contributed by atoms with E-state index in [0.717, 1.165) is 23.8 Å². The van der Waals surface area contributed by atoms with Crippen molar-refractivity contribution in [2.75, 3.05) is 25.0 Å². The van der Waals surface area contributed by atoms with Crippen molar-refractivity contribution in [1.82, 2.24) is 10.2 Å². The van der Waals surface area contributed by atoms with Gasteiger partial charge in [-0.25, -0.2) is 4.39 Å². The molecule has 1 fully saturated rings. The molecule has 1 heterocycles. The average molecular weight is 372 g/mol. The van der Waals surface area contributed by atoms with Crippen LogP contribution in [0.1, 0.15) is 15.9 Å². The first-order valence-corrected chi connectivity index (χ1v) is 8.27. The maximum absolute atomic E-state index is 13.3. The molecule has 0 spiro atoms. The van der Waals surface area contributed by atoms with E-state index >= 15 is 0 Å². The van der Waals surface area contributed by atoms with Gasteiger partial charge in [0.25, 0.3) is 11.6 Å². The van der Waals surface area contributed by atoms with Crippen LogP contribution in [0.5, 0.6) is 0 Å². The fourth-order valence-electron chi connectivity index (χ4n) is 2.77. The van der Waals surface area contributed by atoms with E-state index in [9.17, 15) is 24.1 Å². The Hall–Kier alpha value is -3.49. The van der Waals surface area contributed by atoms with Gasteiger partial charge in [0, 0.05) is 37.3 Å². The molecule has 0 bridgehead atoms. The van der Waals surface area contributed by atoms with Gasteiger partial charge in [0.05, 0.1) is 11.5 Å². The average Bonchev–Trinajstić information content (AvgIpc) is 2.66. The van der Waals surface area contributed by atoms with Crippen molar-refractivity contribution in [3.05, 3.63) is 69.5 Å². The van der Waals surface area contributed by atoms with Gasteiger partial charge < -0.3 is 15.5 Å². The van der Waals surface area contributed by atoms with Gasteiger partial charge in [-0.3, -0.25) is 19.7 Å². The quantitative estimate of drug-likeness (QED) is 0.616. The van der Waals surface area contributed by atoms with E-state index < -0.39 is 10.7 Å². The molecule has 0 atom stereocenters. The Morgan fingerprint density at radius 3 is 2.67 bits per heavy atom. The summed E-state index contributed by atoms with van der Waals surface area (Å²) in [7, 11) is 0. The number of amides is 2. The number of carbonyl (C=O) groups is 2. The van der Waals surface area contributed by atoms with Crippen LogP contribution in [0, 0.1) is 15.9 Å². The highest BCUT2D eigenvalue weighted by molar-refractivity contribution is 5.97. The normalized spacial score (nSPS) is 13.8. The minimum Gasteiger partial charge on any atom is -0.375 e. The molecule has 2 aromatic rings. The lowest BCUT2D eigenvalue weighted by Crippen LogP contribution is -2.49. The molecule has 0 saturated carbocycles. The summed E-state index contributed by atoms with van der Waals surface area (Å²) in [4.78, 5) is 35.7. The van der Waals surface area contributed by atoms with Crippen molar-refractivity contribution in [2.45, 2.75) is 6.54 Å². The molecule has 0 unspecified atom stereocenters. The third-order valence-corrected chi connectivity index (χ3v) is 4.16. The summed E-state index contributed by atoms with van der Waals surface area (Å²) >= 11 is 0. The van der Waals surface area contributed by atoms with Gasteiger partial charge in [0.15, 0.2) is 0 Å². The fourth-order valence-corrected chi connectivity index (χ4v) is 2.77. The van der Waals surface area contributed by atoms with Crippen LogP contribution >= 0.6 is 0 Å². The van der Waals surface area contributed by atoms with Crippen molar-refractivity contribution in [3.63, 3.8) is 0 Å². The predicted octanol–water partition coefficient (Wildman–Crippen LogP) is 1.92. The number of nitrogens with one attached hydrogen (secondary N) is 2. The molecule has 0 radical (unpaired) electrons. The van der Waals surface area contributed by atoms with Crippen molar-refractivity contribution in [3.8, 4) is 0 Å². The van der Waals surface area contributed by atoms with Crippen molar-refractivity contribution in [1.29, 1.82) is 0 Å². The minimum atomic E-state index is -0.585. The van der Waals surface area contributed by atoms with E-state index in [1.54, 1.807) is 24.3 Å². The molecule has 2 amide bonds. The van der Waals surface area contributed by atoms with Gasteiger partial charge in [-0.15, -0.1) is 0 Å². The van der Waals surface area contributed by atoms with Gasteiger partial charge in [-0.05, 0) is 23.8 Å². The lowest BCUT2D eigenvalue weighted by atomic mass is 10.1. The molecular formula is C18H17FN4O4. The number of anilines is 1. The van der Waals surface area contributed by atoms with Crippen LogP contribution in [0.25, 0.3) is 0 Å². The first-order chi connectivity index (χ1) is 12.9. The second-order valence-corrected chi connectivity index (χ2v) is 6.05. The molecular weight excluding hydrogens is 355 g/mol. The summed E-state index contributed by atoms with van der Waals surface area (Å²) in [5, 5.41) is 16.5. The highest BCUT2D eigenvalue weighted by Crippen LogP contribution is 2.25. The number of benzene rings is 2. The number of halogens is 1. The van der Waals surface area contributed by atoms with Crippen molar-refractivity contribution >= 4 is 23.2 Å². The molecule has 9 heteroatoms. The summed E-state index contributed by atoms with van der Waals surface area (Å²) in [6.45, 7) is 1.15. The number of hydrogen-bond donors (Lipinski definition) is 2. The van der Waals surface area contributed by atoms with Crippen LogP contribution in [0.4, 0.5) is 15.8 Å². The van der Waals surface area contributed by atoms with Gasteiger partial charge >= 0.3 is 0 Å². The zero-order valence-corrected chi connectivity index (χ0v) is 14.3.